The molecule has 6 heteroatoms. The van der Waals surface area contributed by atoms with E-state index in [2.05, 4.69) is 75.2 Å². The van der Waals surface area contributed by atoms with Crippen molar-refractivity contribution in [3.63, 3.8) is 0 Å². The van der Waals surface area contributed by atoms with Crippen LogP contribution in [0.1, 0.15) is 0 Å². The van der Waals surface area contributed by atoms with Crippen LogP contribution in [0.15, 0.2) is 125 Å². The van der Waals surface area contributed by atoms with Crippen LogP contribution < -0.4 is 0 Å². The minimum Gasteiger partial charge on any atom is -0.436 e. The summed E-state index contributed by atoms with van der Waals surface area (Å²) in [6.07, 6.45) is 3.69. The summed E-state index contributed by atoms with van der Waals surface area (Å²) in [4.78, 5) is 14.0. The van der Waals surface area contributed by atoms with Gasteiger partial charge in [-0.3, -0.25) is 4.98 Å². The summed E-state index contributed by atoms with van der Waals surface area (Å²) in [6, 6.07) is 35.3. The first-order valence-corrected chi connectivity index (χ1v) is 13.6. The van der Waals surface area contributed by atoms with Crippen LogP contribution in [0.5, 0.6) is 0 Å². The molecule has 39 heavy (non-hydrogen) atoms. The largest absolute Gasteiger partial charge is 0.436 e. The topological polar surface area (TPSA) is 56.7 Å². The van der Waals surface area contributed by atoms with Gasteiger partial charge in [-0.25, -0.2) is 9.97 Å². The lowest BCUT2D eigenvalue weighted by atomic mass is 10.1. The predicted octanol–water partition coefficient (Wildman–Crippen LogP) is 8.78. The minimum atomic E-state index is 0.609. The molecule has 4 heterocycles. The first-order valence-electron chi connectivity index (χ1n) is 12.7. The Kier molecular flexibility index (Phi) is 4.93. The molecule has 0 radical (unpaired) electrons. The van der Waals surface area contributed by atoms with Crippen molar-refractivity contribution in [2.75, 3.05) is 0 Å². The molecule has 0 bridgehead atoms. The van der Waals surface area contributed by atoms with E-state index in [9.17, 15) is 0 Å². The SMILES string of the molecule is c1ccc(-c2cccc(-n3c4cc(-c5nc6ccccc6o5)ccc4c4cccc(-c5nccs5)c43)c2)nc1. The third kappa shape index (κ3) is 3.57. The number of nitrogens with zero attached hydrogens (tertiary/aromatic N) is 4. The smallest absolute Gasteiger partial charge is 0.227 e. The van der Waals surface area contributed by atoms with E-state index in [0.29, 0.717) is 5.89 Å². The molecule has 0 N–H and O–H groups in total. The highest BCUT2D eigenvalue weighted by Gasteiger charge is 2.19. The molecule has 184 valence electrons. The number of oxazole rings is 1. The second-order valence-corrected chi connectivity index (χ2v) is 10.3. The molecule has 0 aliphatic rings. The van der Waals surface area contributed by atoms with Gasteiger partial charge in [0.05, 0.1) is 16.7 Å². The van der Waals surface area contributed by atoms with E-state index < -0.39 is 0 Å². The van der Waals surface area contributed by atoms with Crippen LogP contribution >= 0.6 is 11.3 Å². The van der Waals surface area contributed by atoms with Crippen molar-refractivity contribution in [3.05, 3.63) is 121 Å². The summed E-state index contributed by atoms with van der Waals surface area (Å²) < 4.78 is 8.48. The van der Waals surface area contributed by atoms with E-state index in [1.807, 2.05) is 60.2 Å². The highest BCUT2D eigenvalue weighted by molar-refractivity contribution is 7.13. The lowest BCUT2D eigenvalue weighted by Crippen LogP contribution is -1.96. The average molecular weight is 521 g/mol. The molecule has 4 aromatic heterocycles. The zero-order chi connectivity index (χ0) is 25.8. The molecule has 0 spiro atoms. The van der Waals surface area contributed by atoms with Crippen molar-refractivity contribution in [1.82, 2.24) is 19.5 Å². The van der Waals surface area contributed by atoms with Crippen LogP contribution in [0.4, 0.5) is 0 Å². The van der Waals surface area contributed by atoms with Gasteiger partial charge in [0.25, 0.3) is 0 Å². The van der Waals surface area contributed by atoms with Crippen LogP contribution in [0.25, 0.3) is 71.9 Å². The second-order valence-electron chi connectivity index (χ2n) is 9.36. The number of fused-ring (bicyclic) bond motifs is 4. The van der Waals surface area contributed by atoms with Crippen molar-refractivity contribution >= 4 is 44.2 Å². The number of rotatable bonds is 4. The summed E-state index contributed by atoms with van der Waals surface area (Å²) in [5, 5.41) is 5.34. The standard InChI is InChI=1S/C33H20N4OS/c1-2-13-30-28(12-1)36-32(38-30)22-14-15-24-25-9-6-10-26(33-35-17-18-39-33)31(25)37(29(24)20-22)23-8-5-7-21(19-23)27-11-3-4-16-34-27/h1-20H. The van der Waals surface area contributed by atoms with Crippen LogP contribution in [0.3, 0.4) is 0 Å². The summed E-state index contributed by atoms with van der Waals surface area (Å²) in [5.74, 6) is 0.609. The maximum absolute atomic E-state index is 6.15. The Labute approximate surface area is 227 Å². The Balaban J connectivity index is 1.44. The molecule has 0 atom stereocenters. The lowest BCUT2D eigenvalue weighted by Gasteiger charge is -2.12. The van der Waals surface area contributed by atoms with Gasteiger partial charge in [0, 0.05) is 50.9 Å². The van der Waals surface area contributed by atoms with E-state index in [4.69, 9.17) is 9.40 Å². The molecule has 0 saturated carbocycles. The van der Waals surface area contributed by atoms with Gasteiger partial charge < -0.3 is 8.98 Å². The third-order valence-electron chi connectivity index (χ3n) is 7.06. The van der Waals surface area contributed by atoms with E-state index in [0.717, 1.165) is 60.6 Å². The van der Waals surface area contributed by atoms with Crippen LogP contribution in [0, 0.1) is 0 Å². The van der Waals surface area contributed by atoms with E-state index in [-0.39, 0.29) is 0 Å². The molecule has 0 unspecified atom stereocenters. The fourth-order valence-electron chi connectivity index (χ4n) is 5.33. The zero-order valence-corrected chi connectivity index (χ0v) is 21.5. The molecule has 0 amide bonds. The Morgan fingerprint density at radius 1 is 0.692 bits per heavy atom. The quantitative estimate of drug-likeness (QED) is 0.233. The Hall–Kier alpha value is -5.07. The summed E-state index contributed by atoms with van der Waals surface area (Å²) >= 11 is 1.65. The maximum atomic E-state index is 6.15. The second kappa shape index (κ2) is 8.75. The van der Waals surface area contributed by atoms with Crippen LogP contribution in [-0.4, -0.2) is 19.5 Å². The summed E-state index contributed by atoms with van der Waals surface area (Å²) in [5.41, 5.74) is 8.91. The van der Waals surface area contributed by atoms with Crippen molar-refractivity contribution in [3.8, 4) is 39.0 Å². The van der Waals surface area contributed by atoms with Crippen molar-refractivity contribution in [1.29, 1.82) is 0 Å². The predicted molar refractivity (Wildman–Crippen MR) is 158 cm³/mol. The van der Waals surface area contributed by atoms with Crippen molar-refractivity contribution in [2.45, 2.75) is 0 Å². The van der Waals surface area contributed by atoms with Gasteiger partial charge in [0.1, 0.15) is 10.5 Å². The van der Waals surface area contributed by atoms with Crippen molar-refractivity contribution in [2.24, 2.45) is 0 Å². The summed E-state index contributed by atoms with van der Waals surface area (Å²) in [6.45, 7) is 0. The van der Waals surface area contributed by atoms with Gasteiger partial charge in [-0.2, -0.15) is 0 Å². The van der Waals surface area contributed by atoms with E-state index >= 15 is 0 Å². The number of para-hydroxylation sites is 3. The number of hydrogen-bond acceptors (Lipinski definition) is 5. The third-order valence-corrected chi connectivity index (χ3v) is 7.86. The van der Waals surface area contributed by atoms with E-state index in [1.54, 1.807) is 11.3 Å². The maximum Gasteiger partial charge on any atom is 0.227 e. The number of hydrogen-bond donors (Lipinski definition) is 0. The Morgan fingerprint density at radius 2 is 1.62 bits per heavy atom. The first-order chi connectivity index (χ1) is 19.3. The summed E-state index contributed by atoms with van der Waals surface area (Å²) in [7, 11) is 0. The highest BCUT2D eigenvalue weighted by Crippen LogP contribution is 2.40. The molecule has 8 aromatic rings. The van der Waals surface area contributed by atoms with Gasteiger partial charge in [-0.05, 0) is 54.6 Å². The molecular formula is C33H20N4OS. The molecule has 8 rings (SSSR count). The van der Waals surface area contributed by atoms with Gasteiger partial charge >= 0.3 is 0 Å². The Bertz CT molecular complexity index is 2090. The number of pyridine rings is 1. The van der Waals surface area contributed by atoms with Crippen LogP contribution in [-0.2, 0) is 0 Å². The number of aromatic nitrogens is 4. The molecule has 5 nitrogen and oxygen atoms in total. The molecule has 0 fully saturated rings. The monoisotopic (exact) mass is 520 g/mol. The fraction of sp³-hybridized carbons (Fsp3) is 0. The molecule has 4 aromatic carbocycles. The van der Waals surface area contributed by atoms with Crippen molar-refractivity contribution < 1.29 is 4.42 Å². The zero-order valence-electron chi connectivity index (χ0n) is 20.7. The number of thiazole rings is 1. The molecule has 0 aliphatic heterocycles. The first kappa shape index (κ1) is 22.0. The fourth-order valence-corrected chi connectivity index (χ4v) is 5.99. The van der Waals surface area contributed by atoms with Gasteiger partial charge in [-0.15, -0.1) is 11.3 Å². The molecule has 0 aliphatic carbocycles. The van der Waals surface area contributed by atoms with Gasteiger partial charge in [0.2, 0.25) is 5.89 Å². The van der Waals surface area contributed by atoms with Gasteiger partial charge in [-0.1, -0.05) is 48.5 Å². The normalized spacial score (nSPS) is 11.6. The molecular weight excluding hydrogens is 500 g/mol. The van der Waals surface area contributed by atoms with Crippen LogP contribution in [0.2, 0.25) is 0 Å². The number of benzene rings is 4. The lowest BCUT2D eigenvalue weighted by molar-refractivity contribution is 0.620. The highest BCUT2D eigenvalue weighted by atomic mass is 32.1. The molecule has 0 saturated heterocycles. The van der Waals surface area contributed by atoms with Gasteiger partial charge in [0.15, 0.2) is 5.58 Å². The minimum absolute atomic E-state index is 0.609. The van der Waals surface area contributed by atoms with E-state index in [1.165, 1.54) is 5.39 Å². The Morgan fingerprint density at radius 3 is 2.49 bits per heavy atom. The average Bonchev–Trinajstić information content (AvgIpc) is 3.75.